The zero-order valence-corrected chi connectivity index (χ0v) is 33.7. The van der Waals surface area contributed by atoms with Crippen LogP contribution in [0.3, 0.4) is 0 Å². The third kappa shape index (κ3) is 6.84. The molecule has 0 radical (unpaired) electrons. The van der Waals surface area contributed by atoms with Crippen molar-refractivity contribution in [2.75, 3.05) is 4.90 Å². The Morgan fingerprint density at radius 1 is 0.361 bits per heavy atom. The number of allylic oxidation sites excluding steroid dienone is 1. The van der Waals surface area contributed by atoms with Gasteiger partial charge in [-0.2, -0.15) is 0 Å². The van der Waals surface area contributed by atoms with E-state index in [9.17, 15) is 0 Å². The van der Waals surface area contributed by atoms with E-state index in [1.807, 2.05) is 0 Å². The first-order valence-corrected chi connectivity index (χ1v) is 21.1. The van der Waals surface area contributed by atoms with Crippen molar-refractivity contribution in [2.45, 2.75) is 6.42 Å². The topological polar surface area (TPSA) is 8.17 Å². The van der Waals surface area contributed by atoms with Crippen molar-refractivity contribution in [1.82, 2.24) is 4.57 Å². The summed E-state index contributed by atoms with van der Waals surface area (Å²) in [4.78, 5) is 2.34. The molecule has 0 atom stereocenters. The molecule has 1 heterocycles. The highest BCUT2D eigenvalue weighted by Crippen LogP contribution is 2.43. The second-order valence-electron chi connectivity index (χ2n) is 15.7. The Bertz CT molecular complexity index is 3060. The molecule has 0 saturated heterocycles. The fourth-order valence-corrected chi connectivity index (χ4v) is 9.00. The standard InChI is InChI=1S/C59H42N2/c1-4-13-42(14-5-1)45-23-32-51(33-24-45)60(52-34-25-46(26-35-52)43-15-6-2-7-16-43)53-36-27-47(28-37-53)48-29-38-54(39-30-48)61-57-40-31-50(44-17-8-3-9-18-44)41-56(57)59-55-21-11-10-19-49(55)20-12-22-58(59)61/h1-19,21-41H,20H2. The fraction of sp³-hybridized carbons (Fsp3) is 0.0169. The van der Waals surface area contributed by atoms with E-state index in [0.29, 0.717) is 0 Å². The summed E-state index contributed by atoms with van der Waals surface area (Å²) in [7, 11) is 0. The molecule has 0 unspecified atom stereocenters. The first kappa shape index (κ1) is 36.2. The molecule has 0 aliphatic heterocycles. The highest BCUT2D eigenvalue weighted by Gasteiger charge is 2.22. The van der Waals surface area contributed by atoms with E-state index in [2.05, 4.69) is 252 Å². The summed E-state index contributed by atoms with van der Waals surface area (Å²) < 4.78 is 2.44. The smallest absolute Gasteiger partial charge is 0.0544 e. The van der Waals surface area contributed by atoms with Crippen LogP contribution in [0.15, 0.2) is 237 Å². The molecule has 61 heavy (non-hydrogen) atoms. The summed E-state index contributed by atoms with van der Waals surface area (Å²) >= 11 is 0. The third-order valence-electron chi connectivity index (χ3n) is 12.1. The van der Waals surface area contributed by atoms with E-state index in [1.165, 1.54) is 77.8 Å². The van der Waals surface area contributed by atoms with Crippen LogP contribution in [0.1, 0.15) is 11.3 Å². The zero-order valence-electron chi connectivity index (χ0n) is 33.7. The molecule has 1 aromatic heterocycles. The molecular weight excluding hydrogens is 737 g/mol. The second kappa shape index (κ2) is 15.7. The van der Waals surface area contributed by atoms with Crippen LogP contribution < -0.4 is 4.90 Å². The van der Waals surface area contributed by atoms with Crippen LogP contribution >= 0.6 is 0 Å². The normalized spacial score (nSPS) is 11.8. The van der Waals surface area contributed by atoms with Crippen LogP contribution in [-0.2, 0) is 6.42 Å². The maximum absolute atomic E-state index is 2.44. The predicted octanol–water partition coefficient (Wildman–Crippen LogP) is 16.0. The van der Waals surface area contributed by atoms with E-state index in [1.54, 1.807) is 0 Å². The first-order chi connectivity index (χ1) is 30.2. The molecule has 0 spiro atoms. The summed E-state index contributed by atoms with van der Waals surface area (Å²) in [5, 5.41) is 1.27. The van der Waals surface area contributed by atoms with Gasteiger partial charge in [0.2, 0.25) is 0 Å². The Labute approximate surface area is 357 Å². The van der Waals surface area contributed by atoms with Gasteiger partial charge in [-0.1, -0.05) is 176 Å². The van der Waals surface area contributed by atoms with Gasteiger partial charge < -0.3 is 9.47 Å². The SMILES string of the molecule is C1=Cc2c(c3cc(-c4ccccc4)ccc3n2-c2ccc(-c3ccc(N(c4ccc(-c5ccccc5)cc4)c4ccc(-c5ccccc5)cc4)cc3)cc2)-c2ccccc2C1. The molecule has 2 heteroatoms. The predicted molar refractivity (Wildman–Crippen MR) is 258 cm³/mol. The monoisotopic (exact) mass is 778 g/mol. The number of nitrogens with zero attached hydrogens (tertiary/aromatic N) is 2. The van der Waals surface area contributed by atoms with Gasteiger partial charge >= 0.3 is 0 Å². The van der Waals surface area contributed by atoms with E-state index < -0.39 is 0 Å². The van der Waals surface area contributed by atoms with E-state index >= 15 is 0 Å². The van der Waals surface area contributed by atoms with Crippen LogP contribution in [0, 0.1) is 0 Å². The Kier molecular flexibility index (Phi) is 9.29. The minimum atomic E-state index is 0.912. The summed E-state index contributed by atoms with van der Waals surface area (Å²) in [5.74, 6) is 0. The number of anilines is 3. The molecule has 0 bridgehead atoms. The van der Waals surface area contributed by atoms with Crippen molar-refractivity contribution in [3.8, 4) is 61.3 Å². The lowest BCUT2D eigenvalue weighted by molar-refractivity contribution is 1.11. The lowest BCUT2D eigenvalue weighted by Crippen LogP contribution is -2.09. The van der Waals surface area contributed by atoms with Gasteiger partial charge in [-0.3, -0.25) is 0 Å². The van der Waals surface area contributed by atoms with Gasteiger partial charge in [0.05, 0.1) is 11.2 Å². The van der Waals surface area contributed by atoms with Crippen molar-refractivity contribution >= 4 is 34.0 Å². The van der Waals surface area contributed by atoms with Gasteiger partial charge in [0.15, 0.2) is 0 Å². The molecule has 0 saturated carbocycles. The number of fused-ring (bicyclic) bond motifs is 5. The minimum Gasteiger partial charge on any atom is -0.311 e. The van der Waals surface area contributed by atoms with Gasteiger partial charge in [-0.15, -0.1) is 0 Å². The molecule has 0 fully saturated rings. The van der Waals surface area contributed by atoms with Crippen molar-refractivity contribution in [3.63, 3.8) is 0 Å². The number of hydrogen-bond donors (Lipinski definition) is 0. The highest BCUT2D eigenvalue weighted by atomic mass is 15.1. The fourth-order valence-electron chi connectivity index (χ4n) is 9.00. The lowest BCUT2D eigenvalue weighted by atomic mass is 9.95. The molecule has 1 aliphatic rings. The maximum atomic E-state index is 2.44. The molecule has 9 aromatic carbocycles. The van der Waals surface area contributed by atoms with Crippen molar-refractivity contribution < 1.29 is 0 Å². The van der Waals surface area contributed by atoms with Gasteiger partial charge in [0, 0.05) is 33.7 Å². The average molecular weight is 779 g/mol. The zero-order chi connectivity index (χ0) is 40.5. The van der Waals surface area contributed by atoms with Crippen LogP contribution in [0.4, 0.5) is 17.1 Å². The number of aromatic nitrogens is 1. The van der Waals surface area contributed by atoms with Gasteiger partial charge in [0.1, 0.15) is 0 Å². The molecule has 10 aromatic rings. The first-order valence-electron chi connectivity index (χ1n) is 21.1. The number of rotatable bonds is 8. The summed E-state index contributed by atoms with van der Waals surface area (Å²) in [6.07, 6.45) is 5.54. The Morgan fingerprint density at radius 2 is 0.770 bits per heavy atom. The Morgan fingerprint density at radius 3 is 1.28 bits per heavy atom. The molecular formula is C59H42N2. The number of hydrogen-bond acceptors (Lipinski definition) is 1. The van der Waals surface area contributed by atoms with Crippen LogP contribution in [0.2, 0.25) is 0 Å². The van der Waals surface area contributed by atoms with Gasteiger partial charge in [-0.05, 0) is 129 Å². The van der Waals surface area contributed by atoms with Gasteiger partial charge in [-0.25, -0.2) is 0 Å². The molecule has 2 nitrogen and oxygen atoms in total. The van der Waals surface area contributed by atoms with Crippen LogP contribution in [0.25, 0.3) is 78.3 Å². The van der Waals surface area contributed by atoms with Crippen molar-refractivity contribution in [3.05, 3.63) is 248 Å². The quantitative estimate of drug-likeness (QED) is 0.149. The van der Waals surface area contributed by atoms with Crippen molar-refractivity contribution in [2.24, 2.45) is 0 Å². The van der Waals surface area contributed by atoms with Crippen LogP contribution in [0.5, 0.6) is 0 Å². The molecule has 11 rings (SSSR count). The highest BCUT2D eigenvalue weighted by molar-refractivity contribution is 6.05. The van der Waals surface area contributed by atoms with Gasteiger partial charge in [0.25, 0.3) is 0 Å². The molecule has 0 amide bonds. The average Bonchev–Trinajstić information content (AvgIpc) is 3.53. The Hall–Kier alpha value is -7.94. The summed E-state index contributed by atoms with van der Waals surface area (Å²) in [6, 6.07) is 83.4. The van der Waals surface area contributed by atoms with E-state index in [-0.39, 0.29) is 0 Å². The number of benzene rings is 9. The van der Waals surface area contributed by atoms with Crippen LogP contribution in [-0.4, -0.2) is 4.57 Å². The third-order valence-corrected chi connectivity index (χ3v) is 12.1. The minimum absolute atomic E-state index is 0.912. The van der Waals surface area contributed by atoms with Crippen molar-refractivity contribution in [1.29, 1.82) is 0 Å². The maximum Gasteiger partial charge on any atom is 0.0544 e. The summed E-state index contributed by atoms with van der Waals surface area (Å²) in [6.45, 7) is 0. The molecule has 0 N–H and O–H groups in total. The largest absolute Gasteiger partial charge is 0.311 e. The lowest BCUT2D eigenvalue weighted by Gasteiger charge is -2.26. The Balaban J connectivity index is 0.948. The van der Waals surface area contributed by atoms with E-state index in [0.717, 1.165) is 29.2 Å². The van der Waals surface area contributed by atoms with E-state index in [4.69, 9.17) is 0 Å². The molecule has 288 valence electrons. The second-order valence-corrected chi connectivity index (χ2v) is 15.7. The summed E-state index contributed by atoms with van der Waals surface area (Å²) in [5.41, 5.74) is 20.5. The molecule has 1 aliphatic carbocycles.